The van der Waals surface area contributed by atoms with Gasteiger partial charge in [-0.2, -0.15) is 0 Å². The van der Waals surface area contributed by atoms with Crippen LogP contribution in [0.2, 0.25) is 0 Å². The lowest BCUT2D eigenvalue weighted by atomic mass is 9.83. The highest BCUT2D eigenvalue weighted by Gasteiger charge is 2.28. The Morgan fingerprint density at radius 3 is 2.73 bits per heavy atom. The second kappa shape index (κ2) is 4.33. The maximum absolute atomic E-state index is 5.63. The van der Waals surface area contributed by atoms with Gasteiger partial charge in [0.15, 0.2) is 0 Å². The zero-order chi connectivity index (χ0) is 10.7. The van der Waals surface area contributed by atoms with Crippen molar-refractivity contribution in [1.82, 2.24) is 5.32 Å². The molecule has 1 atom stereocenters. The molecule has 0 saturated carbocycles. The van der Waals surface area contributed by atoms with E-state index in [1.165, 1.54) is 11.1 Å². The first-order chi connectivity index (χ1) is 7.21. The molecule has 1 N–H and O–H groups in total. The van der Waals surface area contributed by atoms with Crippen molar-refractivity contribution < 1.29 is 4.74 Å². The van der Waals surface area contributed by atoms with Gasteiger partial charge in [-0.3, -0.25) is 0 Å². The van der Waals surface area contributed by atoms with Crippen molar-refractivity contribution in [2.45, 2.75) is 19.3 Å². The Kier molecular flexibility index (Phi) is 3.08. The van der Waals surface area contributed by atoms with Crippen LogP contribution in [0.4, 0.5) is 0 Å². The number of rotatable bonds is 1. The topological polar surface area (TPSA) is 21.3 Å². The minimum absolute atomic E-state index is 0.115. The molecule has 1 aromatic carbocycles. The number of nitrogens with one attached hydrogen (secondary N) is 1. The molecule has 82 valence electrons. The van der Waals surface area contributed by atoms with E-state index < -0.39 is 0 Å². The molecular formula is C13H19NO. The quantitative estimate of drug-likeness (QED) is 0.755. The van der Waals surface area contributed by atoms with Crippen molar-refractivity contribution >= 4 is 0 Å². The van der Waals surface area contributed by atoms with Gasteiger partial charge in [0.2, 0.25) is 0 Å². The summed E-state index contributed by atoms with van der Waals surface area (Å²) < 4.78 is 5.63. The second-order valence-electron chi connectivity index (χ2n) is 4.66. The predicted octanol–water partition coefficient (Wildman–Crippen LogP) is 1.87. The first-order valence-corrected chi connectivity index (χ1v) is 5.56. The third-order valence-electron chi connectivity index (χ3n) is 3.11. The summed E-state index contributed by atoms with van der Waals surface area (Å²) in [6, 6.07) is 8.77. The van der Waals surface area contributed by atoms with E-state index in [1.807, 2.05) is 0 Å². The molecule has 1 heterocycles. The van der Waals surface area contributed by atoms with Crippen LogP contribution >= 0.6 is 0 Å². The fraction of sp³-hybridized carbons (Fsp3) is 0.538. The van der Waals surface area contributed by atoms with E-state index in [1.54, 1.807) is 0 Å². The molecule has 1 aliphatic heterocycles. The monoisotopic (exact) mass is 205 g/mol. The van der Waals surface area contributed by atoms with Crippen LogP contribution in [0.3, 0.4) is 0 Å². The molecule has 1 aromatic rings. The van der Waals surface area contributed by atoms with Crippen LogP contribution in [0, 0.1) is 6.92 Å². The molecule has 0 aliphatic carbocycles. The van der Waals surface area contributed by atoms with Crippen molar-refractivity contribution in [2.24, 2.45) is 0 Å². The molecular weight excluding hydrogens is 186 g/mol. The lowest BCUT2D eigenvalue weighted by Gasteiger charge is -2.28. The standard InChI is InChI=1S/C13H19NO/c1-11-3-5-12(6-4-11)13(2)9-14-7-8-15-10-13/h3-6,14H,7-10H2,1-2H3. The minimum Gasteiger partial charge on any atom is -0.379 e. The van der Waals surface area contributed by atoms with Gasteiger partial charge in [-0.1, -0.05) is 36.8 Å². The Morgan fingerprint density at radius 1 is 1.27 bits per heavy atom. The average Bonchev–Trinajstić information content (AvgIpc) is 2.45. The van der Waals surface area contributed by atoms with Gasteiger partial charge in [-0.05, 0) is 12.5 Å². The zero-order valence-corrected chi connectivity index (χ0v) is 9.55. The maximum atomic E-state index is 5.63. The minimum atomic E-state index is 0.115. The average molecular weight is 205 g/mol. The molecule has 0 spiro atoms. The Hall–Kier alpha value is -0.860. The highest BCUT2D eigenvalue weighted by atomic mass is 16.5. The van der Waals surface area contributed by atoms with Crippen LogP contribution in [0.25, 0.3) is 0 Å². The Morgan fingerprint density at radius 2 is 2.00 bits per heavy atom. The maximum Gasteiger partial charge on any atom is 0.0591 e. The normalized spacial score (nSPS) is 27.3. The van der Waals surface area contributed by atoms with E-state index in [-0.39, 0.29) is 5.41 Å². The van der Waals surface area contributed by atoms with Gasteiger partial charge in [0.25, 0.3) is 0 Å². The molecule has 0 bridgehead atoms. The summed E-state index contributed by atoms with van der Waals surface area (Å²) in [6.07, 6.45) is 0. The van der Waals surface area contributed by atoms with E-state index in [9.17, 15) is 0 Å². The van der Waals surface area contributed by atoms with Gasteiger partial charge in [0.1, 0.15) is 0 Å². The van der Waals surface area contributed by atoms with Gasteiger partial charge in [-0.15, -0.1) is 0 Å². The summed E-state index contributed by atoms with van der Waals surface area (Å²) in [5.74, 6) is 0. The first-order valence-electron chi connectivity index (χ1n) is 5.56. The molecule has 1 fully saturated rings. The Labute approximate surface area is 91.6 Å². The largest absolute Gasteiger partial charge is 0.379 e. The van der Waals surface area contributed by atoms with E-state index in [0.717, 1.165) is 26.3 Å². The van der Waals surface area contributed by atoms with Gasteiger partial charge >= 0.3 is 0 Å². The summed E-state index contributed by atoms with van der Waals surface area (Å²) in [4.78, 5) is 0. The summed E-state index contributed by atoms with van der Waals surface area (Å²) in [5.41, 5.74) is 2.79. The van der Waals surface area contributed by atoms with Crippen LogP contribution in [0.15, 0.2) is 24.3 Å². The fourth-order valence-corrected chi connectivity index (χ4v) is 2.00. The number of hydrogen-bond donors (Lipinski definition) is 1. The van der Waals surface area contributed by atoms with E-state index >= 15 is 0 Å². The molecule has 2 heteroatoms. The second-order valence-corrected chi connectivity index (χ2v) is 4.66. The molecule has 2 nitrogen and oxygen atoms in total. The Bertz CT molecular complexity index is 310. The lowest BCUT2D eigenvalue weighted by molar-refractivity contribution is 0.113. The van der Waals surface area contributed by atoms with Crippen molar-refractivity contribution in [2.75, 3.05) is 26.3 Å². The molecule has 2 rings (SSSR count). The highest BCUT2D eigenvalue weighted by molar-refractivity contribution is 5.28. The summed E-state index contributed by atoms with van der Waals surface area (Å²) in [7, 11) is 0. The van der Waals surface area contributed by atoms with Crippen LogP contribution in [-0.4, -0.2) is 26.3 Å². The zero-order valence-electron chi connectivity index (χ0n) is 9.55. The third kappa shape index (κ3) is 2.39. The summed E-state index contributed by atoms with van der Waals surface area (Å²) in [5, 5.41) is 3.43. The van der Waals surface area contributed by atoms with E-state index in [2.05, 4.69) is 43.4 Å². The van der Waals surface area contributed by atoms with E-state index in [4.69, 9.17) is 4.74 Å². The Balaban J connectivity index is 2.22. The SMILES string of the molecule is Cc1ccc(C2(C)CNCCOC2)cc1. The van der Waals surface area contributed by atoms with E-state index in [0.29, 0.717) is 0 Å². The van der Waals surface area contributed by atoms with Crippen molar-refractivity contribution in [3.05, 3.63) is 35.4 Å². The molecule has 0 amide bonds. The highest BCUT2D eigenvalue weighted by Crippen LogP contribution is 2.24. The molecule has 1 unspecified atom stereocenters. The van der Waals surface area contributed by atoms with Gasteiger partial charge in [0.05, 0.1) is 13.2 Å². The molecule has 0 radical (unpaired) electrons. The summed E-state index contributed by atoms with van der Waals surface area (Å²) >= 11 is 0. The van der Waals surface area contributed by atoms with Crippen LogP contribution in [0.1, 0.15) is 18.1 Å². The number of hydrogen-bond acceptors (Lipinski definition) is 2. The van der Waals surface area contributed by atoms with Crippen LogP contribution in [-0.2, 0) is 10.2 Å². The molecule has 15 heavy (non-hydrogen) atoms. The first kappa shape index (κ1) is 10.7. The van der Waals surface area contributed by atoms with Crippen molar-refractivity contribution in [1.29, 1.82) is 0 Å². The lowest BCUT2D eigenvalue weighted by Crippen LogP contribution is -2.36. The number of benzene rings is 1. The molecule has 1 saturated heterocycles. The third-order valence-corrected chi connectivity index (χ3v) is 3.11. The molecule has 0 aromatic heterocycles. The fourth-order valence-electron chi connectivity index (χ4n) is 2.00. The number of ether oxygens (including phenoxy) is 1. The summed E-state index contributed by atoms with van der Waals surface area (Å²) in [6.45, 7) is 7.96. The van der Waals surface area contributed by atoms with Gasteiger partial charge in [-0.25, -0.2) is 0 Å². The van der Waals surface area contributed by atoms with Gasteiger partial charge < -0.3 is 10.1 Å². The number of aryl methyl sites for hydroxylation is 1. The molecule has 1 aliphatic rings. The van der Waals surface area contributed by atoms with Gasteiger partial charge in [0, 0.05) is 18.5 Å². The predicted molar refractivity (Wildman–Crippen MR) is 62.2 cm³/mol. The van der Waals surface area contributed by atoms with Crippen LogP contribution in [0.5, 0.6) is 0 Å². The van der Waals surface area contributed by atoms with Crippen molar-refractivity contribution in [3.63, 3.8) is 0 Å². The van der Waals surface area contributed by atoms with Crippen LogP contribution < -0.4 is 5.32 Å². The smallest absolute Gasteiger partial charge is 0.0591 e. The van der Waals surface area contributed by atoms with Crippen molar-refractivity contribution in [3.8, 4) is 0 Å².